The van der Waals surface area contributed by atoms with Crippen LogP contribution in [-0.4, -0.2) is 31.6 Å². The van der Waals surface area contributed by atoms with Crippen LogP contribution in [0.2, 0.25) is 0 Å². The van der Waals surface area contributed by atoms with Crippen LogP contribution in [0, 0.1) is 19.8 Å². The molecule has 0 bridgehead atoms. The largest absolute Gasteiger partial charge is 0.496 e. The van der Waals surface area contributed by atoms with E-state index in [2.05, 4.69) is 12.2 Å². The first-order valence-corrected chi connectivity index (χ1v) is 9.38. The predicted molar refractivity (Wildman–Crippen MR) is 101 cm³/mol. The van der Waals surface area contributed by atoms with E-state index in [9.17, 15) is 9.59 Å². The summed E-state index contributed by atoms with van der Waals surface area (Å²) in [4.78, 5) is 25.2. The fourth-order valence-corrected chi connectivity index (χ4v) is 3.99. The van der Waals surface area contributed by atoms with Crippen molar-refractivity contribution in [2.45, 2.75) is 64.8 Å². The molecule has 0 spiro atoms. The molecule has 0 heterocycles. The van der Waals surface area contributed by atoms with Gasteiger partial charge in [-0.05, 0) is 62.6 Å². The van der Waals surface area contributed by atoms with Gasteiger partial charge in [-0.1, -0.05) is 19.4 Å². The van der Waals surface area contributed by atoms with E-state index in [0.717, 1.165) is 36.0 Å². The number of hydrogen-bond donors (Lipinski definition) is 1. The molecular weight excluding hydrogens is 330 g/mol. The number of methoxy groups -OCH3 is 2. The van der Waals surface area contributed by atoms with Crippen molar-refractivity contribution in [1.29, 1.82) is 0 Å². The first-order valence-electron chi connectivity index (χ1n) is 9.38. The summed E-state index contributed by atoms with van der Waals surface area (Å²) in [6.45, 7) is 6.14. The maximum absolute atomic E-state index is 12.8. The Labute approximate surface area is 156 Å². The summed E-state index contributed by atoms with van der Waals surface area (Å²) in [5, 5.41) is 3.00. The average molecular weight is 361 g/mol. The Morgan fingerprint density at radius 3 is 2.38 bits per heavy atom. The molecule has 144 valence electrons. The molecule has 1 aliphatic rings. The van der Waals surface area contributed by atoms with Crippen LogP contribution in [0.3, 0.4) is 0 Å². The summed E-state index contributed by atoms with van der Waals surface area (Å²) < 4.78 is 10.5. The van der Waals surface area contributed by atoms with Crippen molar-refractivity contribution >= 4 is 11.9 Å². The zero-order chi connectivity index (χ0) is 19.3. The summed E-state index contributed by atoms with van der Waals surface area (Å²) in [5.74, 6) is 0.812. The lowest BCUT2D eigenvalue weighted by Gasteiger charge is -2.38. The minimum Gasteiger partial charge on any atom is -0.496 e. The van der Waals surface area contributed by atoms with Crippen LogP contribution >= 0.6 is 0 Å². The molecule has 1 saturated carbocycles. The highest BCUT2D eigenvalue weighted by Crippen LogP contribution is 2.35. The number of rotatable bonds is 6. The standard InChI is InChI=1S/C21H31NO4/c1-6-16-7-9-21(10-8-16,20(24)26-5)22-19(23)13-17-15(3)11-14(2)12-18(17)25-4/h11-12,16H,6-10,13H2,1-5H3,(H,22,23). The molecule has 0 aromatic heterocycles. The maximum atomic E-state index is 12.8. The quantitative estimate of drug-likeness (QED) is 0.788. The second kappa shape index (κ2) is 8.56. The minimum atomic E-state index is -0.899. The van der Waals surface area contributed by atoms with Crippen LogP contribution in [0.1, 0.15) is 55.7 Å². The number of carbonyl (C=O) groups is 2. The lowest BCUT2D eigenvalue weighted by Crippen LogP contribution is -2.57. The van der Waals surface area contributed by atoms with E-state index in [4.69, 9.17) is 9.47 Å². The molecule has 1 aliphatic carbocycles. The van der Waals surface area contributed by atoms with Gasteiger partial charge in [0.2, 0.25) is 5.91 Å². The van der Waals surface area contributed by atoms with Gasteiger partial charge in [-0.2, -0.15) is 0 Å². The van der Waals surface area contributed by atoms with Gasteiger partial charge in [-0.3, -0.25) is 4.79 Å². The van der Waals surface area contributed by atoms with E-state index in [0.29, 0.717) is 24.5 Å². The van der Waals surface area contributed by atoms with Crippen molar-refractivity contribution in [3.05, 3.63) is 28.8 Å². The molecule has 1 aromatic carbocycles. The topological polar surface area (TPSA) is 64.6 Å². The molecule has 26 heavy (non-hydrogen) atoms. The Morgan fingerprint density at radius 1 is 1.19 bits per heavy atom. The van der Waals surface area contributed by atoms with Crippen LogP contribution in [0.4, 0.5) is 0 Å². The van der Waals surface area contributed by atoms with Gasteiger partial charge in [0.1, 0.15) is 11.3 Å². The molecule has 0 aliphatic heterocycles. The molecular formula is C21H31NO4. The number of nitrogens with one attached hydrogen (secondary N) is 1. The first-order chi connectivity index (χ1) is 12.3. The highest BCUT2D eigenvalue weighted by molar-refractivity contribution is 5.89. The smallest absolute Gasteiger partial charge is 0.331 e. The molecule has 0 saturated heterocycles. The second-order valence-corrected chi connectivity index (χ2v) is 7.41. The Bertz CT molecular complexity index is 660. The van der Waals surface area contributed by atoms with Gasteiger partial charge in [0, 0.05) is 5.56 Å². The molecule has 1 fully saturated rings. The van der Waals surface area contributed by atoms with Crippen molar-refractivity contribution in [3.63, 3.8) is 0 Å². The molecule has 0 radical (unpaired) electrons. The normalized spacial score (nSPS) is 22.6. The molecule has 1 N–H and O–H groups in total. The molecule has 1 amide bonds. The third-order valence-electron chi connectivity index (χ3n) is 5.62. The molecule has 5 nitrogen and oxygen atoms in total. The van der Waals surface area contributed by atoms with E-state index >= 15 is 0 Å². The van der Waals surface area contributed by atoms with Crippen LogP contribution in [-0.2, 0) is 20.7 Å². The van der Waals surface area contributed by atoms with Crippen LogP contribution in [0.5, 0.6) is 5.75 Å². The number of esters is 1. The third kappa shape index (κ3) is 4.37. The third-order valence-corrected chi connectivity index (χ3v) is 5.62. The predicted octanol–water partition coefficient (Wildman–Crippen LogP) is 3.48. The van der Waals surface area contributed by atoms with E-state index in [-0.39, 0.29) is 18.3 Å². The summed E-state index contributed by atoms with van der Waals surface area (Å²) in [6.07, 6.45) is 4.41. The molecule has 2 rings (SSSR count). The van der Waals surface area contributed by atoms with Gasteiger partial charge in [-0.25, -0.2) is 4.79 Å². The number of aryl methyl sites for hydroxylation is 2. The van der Waals surface area contributed by atoms with Gasteiger partial charge >= 0.3 is 5.97 Å². The van der Waals surface area contributed by atoms with Gasteiger partial charge < -0.3 is 14.8 Å². The van der Waals surface area contributed by atoms with Crippen molar-refractivity contribution in [2.75, 3.05) is 14.2 Å². The van der Waals surface area contributed by atoms with Crippen LogP contribution in [0.15, 0.2) is 12.1 Å². The highest BCUT2D eigenvalue weighted by Gasteiger charge is 2.43. The van der Waals surface area contributed by atoms with Crippen LogP contribution < -0.4 is 10.1 Å². The molecule has 0 atom stereocenters. The zero-order valence-corrected chi connectivity index (χ0v) is 16.6. The second-order valence-electron chi connectivity index (χ2n) is 7.41. The molecule has 0 unspecified atom stereocenters. The fraction of sp³-hybridized carbons (Fsp3) is 0.619. The summed E-state index contributed by atoms with van der Waals surface area (Å²) in [7, 11) is 2.99. The molecule has 5 heteroatoms. The Balaban J connectivity index is 2.17. The summed E-state index contributed by atoms with van der Waals surface area (Å²) in [5.41, 5.74) is 2.06. The van der Waals surface area contributed by atoms with Crippen LogP contribution in [0.25, 0.3) is 0 Å². The Hall–Kier alpha value is -2.04. The maximum Gasteiger partial charge on any atom is 0.331 e. The first kappa shape index (κ1) is 20.3. The summed E-state index contributed by atoms with van der Waals surface area (Å²) in [6, 6.07) is 3.96. The number of hydrogen-bond acceptors (Lipinski definition) is 4. The van der Waals surface area contributed by atoms with Crippen molar-refractivity contribution in [2.24, 2.45) is 5.92 Å². The fourth-order valence-electron chi connectivity index (χ4n) is 3.99. The number of benzene rings is 1. The lowest BCUT2D eigenvalue weighted by molar-refractivity contribution is -0.153. The van der Waals surface area contributed by atoms with Gasteiger partial charge in [0.05, 0.1) is 20.6 Å². The summed E-state index contributed by atoms with van der Waals surface area (Å²) >= 11 is 0. The van der Waals surface area contributed by atoms with E-state index in [1.807, 2.05) is 26.0 Å². The molecule has 1 aromatic rings. The van der Waals surface area contributed by atoms with Crippen molar-refractivity contribution in [1.82, 2.24) is 5.32 Å². The van der Waals surface area contributed by atoms with Gasteiger partial charge in [0.25, 0.3) is 0 Å². The lowest BCUT2D eigenvalue weighted by atomic mass is 9.75. The Morgan fingerprint density at radius 2 is 1.85 bits per heavy atom. The minimum absolute atomic E-state index is 0.171. The average Bonchev–Trinajstić information content (AvgIpc) is 2.63. The van der Waals surface area contributed by atoms with Gasteiger partial charge in [-0.15, -0.1) is 0 Å². The SMILES string of the molecule is CCC1CCC(NC(=O)Cc2c(C)cc(C)cc2OC)(C(=O)OC)CC1. The van der Waals surface area contributed by atoms with E-state index < -0.39 is 5.54 Å². The van der Waals surface area contributed by atoms with E-state index in [1.54, 1.807) is 7.11 Å². The monoisotopic (exact) mass is 361 g/mol. The zero-order valence-electron chi connectivity index (χ0n) is 16.6. The van der Waals surface area contributed by atoms with Crippen molar-refractivity contribution < 1.29 is 19.1 Å². The van der Waals surface area contributed by atoms with Gasteiger partial charge in [0.15, 0.2) is 0 Å². The van der Waals surface area contributed by atoms with E-state index in [1.165, 1.54) is 7.11 Å². The highest BCUT2D eigenvalue weighted by atomic mass is 16.5. The van der Waals surface area contributed by atoms with Crippen molar-refractivity contribution in [3.8, 4) is 5.75 Å². The number of carbonyl (C=O) groups excluding carboxylic acids is 2. The number of amides is 1. The number of ether oxygens (including phenoxy) is 2. The Kier molecular flexibility index (Phi) is 6.68.